The lowest BCUT2D eigenvalue weighted by Gasteiger charge is -2.12. The molecule has 0 saturated carbocycles. The van der Waals surface area contributed by atoms with Crippen LogP contribution in [0.2, 0.25) is 5.02 Å². The normalized spacial score (nSPS) is 11.1. The molecule has 0 unspecified atom stereocenters. The molecule has 0 fully saturated rings. The third kappa shape index (κ3) is 4.92. The van der Waals surface area contributed by atoms with Crippen LogP contribution in [0.3, 0.4) is 0 Å². The molecule has 0 radical (unpaired) electrons. The number of halogens is 1. The van der Waals surface area contributed by atoms with Crippen molar-refractivity contribution in [1.29, 1.82) is 0 Å². The first-order chi connectivity index (χ1) is 18.9. The molecule has 0 bridgehead atoms. The van der Waals surface area contributed by atoms with Gasteiger partial charge in [-0.25, -0.2) is 19.7 Å². The molecule has 4 N–H and O–H groups in total. The summed E-state index contributed by atoms with van der Waals surface area (Å²) in [6, 6.07) is 18.0. The first kappa shape index (κ1) is 24.3. The lowest BCUT2D eigenvalue weighted by molar-refractivity contribution is 0.251. The fraction of sp³-hybridized carbons (Fsp3) is 0.0714. The van der Waals surface area contributed by atoms with Crippen LogP contribution in [0.4, 0.5) is 10.6 Å². The zero-order valence-electron chi connectivity index (χ0n) is 20.6. The molecule has 6 aromatic rings. The van der Waals surface area contributed by atoms with Crippen molar-refractivity contribution in [3.8, 4) is 22.5 Å². The lowest BCUT2D eigenvalue weighted by Crippen LogP contribution is -2.31. The van der Waals surface area contributed by atoms with Gasteiger partial charge in [0.05, 0.1) is 34.7 Å². The fourth-order valence-electron chi connectivity index (χ4n) is 4.22. The Labute approximate surface area is 226 Å². The number of hydrogen-bond acceptors (Lipinski definition) is 6. The Balaban J connectivity index is 1.38. The summed E-state index contributed by atoms with van der Waals surface area (Å²) in [5.41, 5.74) is 5.21. The van der Waals surface area contributed by atoms with Crippen molar-refractivity contribution >= 4 is 45.5 Å². The minimum Gasteiger partial charge on any atom is -0.334 e. The smallest absolute Gasteiger partial charge is 0.320 e. The maximum Gasteiger partial charge on any atom is 0.320 e. The van der Waals surface area contributed by atoms with Gasteiger partial charge in [-0.1, -0.05) is 48.0 Å². The van der Waals surface area contributed by atoms with Gasteiger partial charge in [0.1, 0.15) is 11.3 Å². The van der Waals surface area contributed by atoms with E-state index in [1.807, 2.05) is 55.5 Å². The van der Waals surface area contributed by atoms with Crippen molar-refractivity contribution in [2.75, 3.05) is 5.32 Å². The van der Waals surface area contributed by atoms with Gasteiger partial charge in [0, 0.05) is 28.3 Å². The van der Waals surface area contributed by atoms with Crippen molar-refractivity contribution in [2.24, 2.45) is 0 Å². The van der Waals surface area contributed by atoms with Crippen molar-refractivity contribution in [1.82, 2.24) is 35.5 Å². The second-order valence-electron chi connectivity index (χ2n) is 8.97. The van der Waals surface area contributed by atoms with E-state index in [-0.39, 0.29) is 12.1 Å². The highest BCUT2D eigenvalue weighted by atomic mass is 35.5. The standard InChI is InChI=1S/C28H21ClN8O2/c1-15-7-8-22(30-12-15)34-28(39)31-13-19-11-21-26(36-27(19)38)35-24(16-5-3-2-4-6-16)25(33-21)17-9-18-14-32-37-23(18)20(29)10-17/h2-12,14H,13H2,1H3,(H,32,37)(H,35,36,38)(H2,30,31,34,39). The molecular formula is C28H21ClN8O2. The average Bonchev–Trinajstić information content (AvgIpc) is 3.43. The molecule has 6 rings (SSSR count). The van der Waals surface area contributed by atoms with E-state index >= 15 is 0 Å². The quantitative estimate of drug-likeness (QED) is 0.238. The van der Waals surface area contributed by atoms with Crippen molar-refractivity contribution in [3.63, 3.8) is 0 Å². The van der Waals surface area contributed by atoms with Crippen molar-refractivity contribution in [2.45, 2.75) is 13.5 Å². The number of nitrogens with zero attached hydrogens (tertiary/aromatic N) is 4. The first-order valence-corrected chi connectivity index (χ1v) is 12.4. The van der Waals surface area contributed by atoms with Gasteiger partial charge in [-0.3, -0.25) is 15.2 Å². The molecule has 0 aliphatic carbocycles. The molecule has 0 saturated heterocycles. The highest BCUT2D eigenvalue weighted by molar-refractivity contribution is 6.35. The molecule has 2 amide bonds. The topological polar surface area (TPSA) is 141 Å². The average molecular weight is 537 g/mol. The number of aromatic nitrogens is 6. The van der Waals surface area contributed by atoms with E-state index in [4.69, 9.17) is 21.6 Å². The monoisotopic (exact) mass is 536 g/mol. The molecule has 11 heteroatoms. The predicted molar refractivity (Wildman–Crippen MR) is 151 cm³/mol. The SMILES string of the molecule is Cc1ccc(NC(=O)NCc2cc3nc(-c4cc(Cl)c5[nH]ncc5c4)c(-c4ccccc4)nc3[nH]c2=O)nc1. The Morgan fingerprint density at radius 2 is 1.79 bits per heavy atom. The Morgan fingerprint density at radius 1 is 0.974 bits per heavy atom. The second kappa shape index (κ2) is 9.99. The summed E-state index contributed by atoms with van der Waals surface area (Å²) in [6.07, 6.45) is 3.35. The van der Waals surface area contributed by atoms with E-state index in [0.717, 1.165) is 27.6 Å². The van der Waals surface area contributed by atoms with Crippen LogP contribution in [0.1, 0.15) is 11.1 Å². The number of fused-ring (bicyclic) bond motifs is 2. The third-order valence-electron chi connectivity index (χ3n) is 6.17. The molecule has 10 nitrogen and oxygen atoms in total. The minimum absolute atomic E-state index is 0.0206. The van der Waals surface area contributed by atoms with E-state index in [2.05, 4.69) is 30.8 Å². The Morgan fingerprint density at radius 3 is 2.59 bits per heavy atom. The van der Waals surface area contributed by atoms with E-state index in [9.17, 15) is 9.59 Å². The summed E-state index contributed by atoms with van der Waals surface area (Å²) in [5.74, 6) is 0.405. The Bertz CT molecular complexity index is 1900. The van der Waals surface area contributed by atoms with Crippen LogP contribution >= 0.6 is 11.6 Å². The highest BCUT2D eigenvalue weighted by Gasteiger charge is 2.17. The van der Waals surface area contributed by atoms with Crippen LogP contribution in [0, 0.1) is 6.92 Å². The number of benzene rings is 2. The van der Waals surface area contributed by atoms with Crippen LogP contribution in [0.15, 0.2) is 77.9 Å². The number of amides is 2. The number of rotatable bonds is 5. The number of urea groups is 1. The summed E-state index contributed by atoms with van der Waals surface area (Å²) in [7, 11) is 0. The number of aryl methyl sites for hydroxylation is 1. The molecule has 192 valence electrons. The van der Waals surface area contributed by atoms with Crippen molar-refractivity contribution < 1.29 is 4.79 Å². The number of anilines is 1. The van der Waals surface area contributed by atoms with Gasteiger partial charge >= 0.3 is 6.03 Å². The predicted octanol–water partition coefficient (Wildman–Crippen LogP) is 5.21. The maximum absolute atomic E-state index is 12.9. The van der Waals surface area contributed by atoms with Crippen LogP contribution in [-0.4, -0.2) is 36.2 Å². The van der Waals surface area contributed by atoms with Crippen LogP contribution in [0.25, 0.3) is 44.6 Å². The summed E-state index contributed by atoms with van der Waals surface area (Å²) < 4.78 is 0. The molecular weight excluding hydrogens is 516 g/mol. The van der Waals surface area contributed by atoms with Gasteiger partial charge < -0.3 is 10.3 Å². The van der Waals surface area contributed by atoms with Gasteiger partial charge in [-0.15, -0.1) is 0 Å². The molecule has 0 spiro atoms. The van der Waals surface area contributed by atoms with Gasteiger partial charge in [0.15, 0.2) is 5.65 Å². The molecule has 4 aromatic heterocycles. The lowest BCUT2D eigenvalue weighted by atomic mass is 10.0. The molecule has 0 aliphatic rings. The van der Waals surface area contributed by atoms with Gasteiger partial charge in [0.25, 0.3) is 5.56 Å². The first-order valence-electron chi connectivity index (χ1n) is 12.0. The summed E-state index contributed by atoms with van der Waals surface area (Å²) in [6.45, 7) is 1.89. The zero-order valence-corrected chi connectivity index (χ0v) is 21.4. The summed E-state index contributed by atoms with van der Waals surface area (Å²) >= 11 is 6.54. The number of carbonyl (C=O) groups is 1. The summed E-state index contributed by atoms with van der Waals surface area (Å²) in [4.78, 5) is 41.9. The molecule has 4 heterocycles. The van der Waals surface area contributed by atoms with Crippen LogP contribution in [0.5, 0.6) is 0 Å². The molecule has 2 aromatic carbocycles. The number of pyridine rings is 2. The minimum atomic E-state index is -0.486. The molecule has 0 atom stereocenters. The fourth-order valence-corrected chi connectivity index (χ4v) is 4.49. The molecule has 39 heavy (non-hydrogen) atoms. The number of hydrogen-bond donors (Lipinski definition) is 4. The highest BCUT2D eigenvalue weighted by Crippen LogP contribution is 2.34. The van der Waals surface area contributed by atoms with Crippen molar-refractivity contribution in [3.05, 3.63) is 99.6 Å². The number of carbonyl (C=O) groups excluding carboxylic acids is 1. The summed E-state index contributed by atoms with van der Waals surface area (Å²) in [5, 5.41) is 13.7. The Hall–Kier alpha value is -5.09. The number of H-pyrrole nitrogens is 2. The van der Waals surface area contributed by atoms with E-state index in [0.29, 0.717) is 39.0 Å². The number of aromatic amines is 2. The maximum atomic E-state index is 12.9. The number of nitrogens with one attached hydrogen (secondary N) is 4. The third-order valence-corrected chi connectivity index (χ3v) is 6.47. The van der Waals surface area contributed by atoms with Crippen LogP contribution in [-0.2, 0) is 6.54 Å². The van der Waals surface area contributed by atoms with E-state index in [1.54, 1.807) is 24.5 Å². The van der Waals surface area contributed by atoms with Gasteiger partial charge in [-0.05, 0) is 36.8 Å². The molecule has 0 aliphatic heterocycles. The zero-order chi connectivity index (χ0) is 26.9. The van der Waals surface area contributed by atoms with Gasteiger partial charge in [0.2, 0.25) is 0 Å². The van der Waals surface area contributed by atoms with E-state index in [1.165, 1.54) is 0 Å². The second-order valence-corrected chi connectivity index (χ2v) is 9.37. The Kier molecular flexibility index (Phi) is 6.22. The van der Waals surface area contributed by atoms with E-state index < -0.39 is 6.03 Å². The van der Waals surface area contributed by atoms with Gasteiger partial charge in [-0.2, -0.15) is 5.10 Å². The van der Waals surface area contributed by atoms with Crippen LogP contribution < -0.4 is 16.2 Å². The largest absolute Gasteiger partial charge is 0.334 e.